The van der Waals surface area contributed by atoms with Crippen LogP contribution in [0.2, 0.25) is 0 Å². The fourth-order valence-corrected chi connectivity index (χ4v) is 1.59. The zero-order valence-corrected chi connectivity index (χ0v) is 10.4. The quantitative estimate of drug-likeness (QED) is 0.786. The highest BCUT2D eigenvalue weighted by molar-refractivity contribution is 5.76. The van der Waals surface area contributed by atoms with Crippen molar-refractivity contribution in [2.24, 2.45) is 0 Å². The van der Waals surface area contributed by atoms with E-state index in [1.807, 2.05) is 6.92 Å². The summed E-state index contributed by atoms with van der Waals surface area (Å²) in [7, 11) is 1.75. The fourth-order valence-electron chi connectivity index (χ4n) is 1.59. The number of hydrogen-bond donors (Lipinski definition) is 0. The number of aryl methyl sites for hydroxylation is 1. The molecule has 0 aromatic carbocycles. The van der Waals surface area contributed by atoms with Crippen LogP contribution in [0.3, 0.4) is 0 Å². The third-order valence-corrected chi connectivity index (χ3v) is 2.88. The Morgan fingerprint density at radius 2 is 2.44 bits per heavy atom. The van der Waals surface area contributed by atoms with Crippen LogP contribution >= 0.6 is 0 Å². The Morgan fingerprint density at radius 1 is 1.61 bits per heavy atom. The highest BCUT2D eigenvalue weighted by atomic mass is 16.5. The molecule has 0 aliphatic heterocycles. The van der Waals surface area contributed by atoms with E-state index in [4.69, 9.17) is 4.52 Å². The van der Waals surface area contributed by atoms with Gasteiger partial charge >= 0.3 is 0 Å². The molecule has 2 rings (SSSR count). The van der Waals surface area contributed by atoms with Crippen LogP contribution in [0.1, 0.15) is 25.1 Å². The summed E-state index contributed by atoms with van der Waals surface area (Å²) in [4.78, 5) is 17.5. The standard InChI is InChI=1S/C11H15N5O2/c1-9(10-4-6-18-14-10)15(2)11(17)3-5-16-8-12-7-13-16/h4,6-9H,3,5H2,1-2H3/t9-/m1/s1. The predicted molar refractivity (Wildman–Crippen MR) is 62.3 cm³/mol. The first-order valence-electron chi connectivity index (χ1n) is 5.67. The first kappa shape index (κ1) is 12.3. The Morgan fingerprint density at radius 3 is 3.06 bits per heavy atom. The van der Waals surface area contributed by atoms with Gasteiger partial charge in [0, 0.05) is 19.5 Å². The van der Waals surface area contributed by atoms with Crippen molar-refractivity contribution in [1.29, 1.82) is 0 Å². The summed E-state index contributed by atoms with van der Waals surface area (Å²) in [6, 6.07) is 1.65. The second-order valence-corrected chi connectivity index (χ2v) is 4.01. The Labute approximate surface area is 104 Å². The van der Waals surface area contributed by atoms with E-state index < -0.39 is 0 Å². The molecule has 0 aliphatic carbocycles. The average Bonchev–Trinajstić information content (AvgIpc) is 3.06. The van der Waals surface area contributed by atoms with Gasteiger partial charge in [0.25, 0.3) is 0 Å². The molecule has 0 fully saturated rings. The molecule has 1 atom stereocenters. The molecule has 0 bridgehead atoms. The molecule has 96 valence electrons. The molecule has 0 saturated carbocycles. The van der Waals surface area contributed by atoms with E-state index in [-0.39, 0.29) is 11.9 Å². The topological polar surface area (TPSA) is 77.0 Å². The van der Waals surface area contributed by atoms with Crippen molar-refractivity contribution in [3.05, 3.63) is 30.7 Å². The molecule has 0 radical (unpaired) electrons. The Bertz CT molecular complexity index is 480. The van der Waals surface area contributed by atoms with Gasteiger partial charge in [0.15, 0.2) is 0 Å². The third kappa shape index (κ3) is 2.73. The van der Waals surface area contributed by atoms with Gasteiger partial charge in [-0.1, -0.05) is 5.16 Å². The van der Waals surface area contributed by atoms with Crippen LogP contribution in [-0.4, -0.2) is 37.8 Å². The molecule has 0 spiro atoms. The van der Waals surface area contributed by atoms with Crippen molar-refractivity contribution < 1.29 is 9.32 Å². The van der Waals surface area contributed by atoms with Gasteiger partial charge in [0.1, 0.15) is 24.6 Å². The summed E-state index contributed by atoms with van der Waals surface area (Å²) in [6.07, 6.45) is 4.92. The summed E-state index contributed by atoms with van der Waals surface area (Å²) in [6.45, 7) is 2.43. The lowest BCUT2D eigenvalue weighted by atomic mass is 10.2. The van der Waals surface area contributed by atoms with E-state index in [0.29, 0.717) is 13.0 Å². The summed E-state index contributed by atoms with van der Waals surface area (Å²) in [5, 5.41) is 7.78. The summed E-state index contributed by atoms with van der Waals surface area (Å²) in [5.41, 5.74) is 0.742. The Kier molecular flexibility index (Phi) is 3.71. The maximum absolute atomic E-state index is 12.0. The number of aromatic nitrogens is 4. The minimum absolute atomic E-state index is 0.0287. The van der Waals surface area contributed by atoms with Gasteiger partial charge in [0.05, 0.1) is 12.6 Å². The molecule has 2 aromatic rings. The lowest BCUT2D eigenvalue weighted by Gasteiger charge is -2.23. The van der Waals surface area contributed by atoms with E-state index >= 15 is 0 Å². The molecule has 2 heterocycles. The lowest BCUT2D eigenvalue weighted by Crippen LogP contribution is -2.30. The molecule has 1 amide bonds. The molecule has 7 nitrogen and oxygen atoms in total. The summed E-state index contributed by atoms with van der Waals surface area (Å²) < 4.78 is 6.41. The maximum Gasteiger partial charge on any atom is 0.224 e. The molecule has 7 heteroatoms. The second kappa shape index (κ2) is 5.44. The van der Waals surface area contributed by atoms with E-state index in [9.17, 15) is 4.79 Å². The minimum atomic E-state index is -0.105. The normalized spacial score (nSPS) is 12.3. The van der Waals surface area contributed by atoms with E-state index in [2.05, 4.69) is 15.2 Å². The van der Waals surface area contributed by atoms with Crippen molar-refractivity contribution in [2.75, 3.05) is 7.05 Å². The van der Waals surface area contributed by atoms with Gasteiger partial charge in [0.2, 0.25) is 5.91 Å². The number of carbonyl (C=O) groups excluding carboxylic acids is 1. The highest BCUT2D eigenvalue weighted by Gasteiger charge is 2.19. The van der Waals surface area contributed by atoms with Crippen LogP contribution < -0.4 is 0 Å². The second-order valence-electron chi connectivity index (χ2n) is 4.01. The van der Waals surface area contributed by atoms with Crippen LogP contribution in [0.25, 0.3) is 0 Å². The number of rotatable bonds is 5. The molecular formula is C11H15N5O2. The van der Waals surface area contributed by atoms with Crippen molar-refractivity contribution >= 4 is 5.91 Å². The van der Waals surface area contributed by atoms with Gasteiger partial charge in [-0.15, -0.1) is 0 Å². The van der Waals surface area contributed by atoms with Crippen LogP contribution in [0.15, 0.2) is 29.5 Å². The molecule has 0 unspecified atom stereocenters. The van der Waals surface area contributed by atoms with Gasteiger partial charge in [-0.2, -0.15) is 5.10 Å². The Hall–Kier alpha value is -2.18. The number of carbonyl (C=O) groups is 1. The lowest BCUT2D eigenvalue weighted by molar-refractivity contribution is -0.132. The van der Waals surface area contributed by atoms with Crippen LogP contribution in [0.4, 0.5) is 0 Å². The Balaban J connectivity index is 1.88. The van der Waals surface area contributed by atoms with Crippen molar-refractivity contribution in [2.45, 2.75) is 25.9 Å². The van der Waals surface area contributed by atoms with Crippen LogP contribution in [0.5, 0.6) is 0 Å². The van der Waals surface area contributed by atoms with Gasteiger partial charge in [-0.25, -0.2) is 4.98 Å². The third-order valence-electron chi connectivity index (χ3n) is 2.88. The molecule has 0 N–H and O–H groups in total. The monoisotopic (exact) mass is 249 g/mol. The maximum atomic E-state index is 12.0. The van der Waals surface area contributed by atoms with E-state index in [1.165, 1.54) is 12.6 Å². The predicted octanol–water partition coefficient (Wildman–Crippen LogP) is 0.876. The van der Waals surface area contributed by atoms with Gasteiger partial charge in [-0.05, 0) is 6.92 Å². The average molecular weight is 249 g/mol. The molecule has 0 aliphatic rings. The van der Waals surface area contributed by atoms with Crippen molar-refractivity contribution in [1.82, 2.24) is 24.8 Å². The van der Waals surface area contributed by atoms with Crippen molar-refractivity contribution in [3.63, 3.8) is 0 Å². The fraction of sp³-hybridized carbons (Fsp3) is 0.455. The first-order chi connectivity index (χ1) is 8.68. The molecule has 18 heavy (non-hydrogen) atoms. The van der Waals surface area contributed by atoms with E-state index in [0.717, 1.165) is 5.69 Å². The smallest absolute Gasteiger partial charge is 0.224 e. The molecular weight excluding hydrogens is 234 g/mol. The zero-order valence-electron chi connectivity index (χ0n) is 10.4. The number of amides is 1. The van der Waals surface area contributed by atoms with E-state index in [1.54, 1.807) is 29.0 Å². The summed E-state index contributed by atoms with van der Waals surface area (Å²) in [5.74, 6) is 0.0287. The highest BCUT2D eigenvalue weighted by Crippen LogP contribution is 2.17. The minimum Gasteiger partial charge on any atom is -0.364 e. The number of hydrogen-bond acceptors (Lipinski definition) is 5. The van der Waals surface area contributed by atoms with Crippen LogP contribution in [0, 0.1) is 0 Å². The first-order valence-corrected chi connectivity index (χ1v) is 5.67. The van der Waals surface area contributed by atoms with Gasteiger partial charge in [-0.3, -0.25) is 9.48 Å². The summed E-state index contributed by atoms with van der Waals surface area (Å²) >= 11 is 0. The zero-order chi connectivity index (χ0) is 13.0. The number of nitrogens with zero attached hydrogens (tertiary/aromatic N) is 5. The SMILES string of the molecule is C[C@H](c1ccon1)N(C)C(=O)CCn1cncn1. The van der Waals surface area contributed by atoms with Gasteiger partial charge < -0.3 is 9.42 Å². The molecule has 2 aromatic heterocycles. The van der Waals surface area contributed by atoms with Crippen molar-refractivity contribution in [3.8, 4) is 0 Å². The van der Waals surface area contributed by atoms with Crippen LogP contribution in [-0.2, 0) is 11.3 Å². The molecule has 0 saturated heterocycles. The largest absolute Gasteiger partial charge is 0.364 e.